The molecule has 3 nitrogen and oxygen atoms in total. The number of halogens is 2. The molecule has 20 heavy (non-hydrogen) atoms. The molecule has 1 aromatic carbocycles. The fourth-order valence-electron chi connectivity index (χ4n) is 1.80. The first-order valence-electron chi connectivity index (χ1n) is 6.68. The number of nitrogens with zero attached hydrogens (tertiary/aromatic N) is 1. The van der Waals surface area contributed by atoms with Gasteiger partial charge in [0.25, 0.3) is 0 Å². The molecule has 1 N–H and O–H groups in total. The normalized spacial score (nSPS) is 12.4. The van der Waals surface area contributed by atoms with Gasteiger partial charge in [0.1, 0.15) is 11.6 Å². The van der Waals surface area contributed by atoms with Crippen molar-refractivity contribution >= 4 is 0 Å². The molecule has 5 heteroatoms. The highest BCUT2D eigenvalue weighted by Gasteiger charge is 2.16. The average Bonchev–Trinajstić information content (AvgIpc) is 2.40. The summed E-state index contributed by atoms with van der Waals surface area (Å²) in [5.74, 6) is -1.12. The molecule has 1 atom stereocenters. The van der Waals surface area contributed by atoms with Gasteiger partial charge >= 0.3 is 0 Å². The molecule has 110 valence electrons. The molecule has 0 bridgehead atoms. The van der Waals surface area contributed by atoms with Crippen LogP contribution in [-0.4, -0.2) is 19.3 Å². The fraction of sp³-hybridized carbons (Fsp3) is 0.533. The first-order valence-corrected chi connectivity index (χ1v) is 6.68. The predicted molar refractivity (Wildman–Crippen MR) is 73.0 cm³/mol. The number of nitriles is 1. The van der Waals surface area contributed by atoms with Crippen molar-refractivity contribution in [2.75, 3.05) is 13.2 Å². The lowest BCUT2D eigenvalue weighted by atomic mass is 10.0. The van der Waals surface area contributed by atoms with E-state index < -0.39 is 11.6 Å². The van der Waals surface area contributed by atoms with E-state index in [1.807, 2.05) is 20.8 Å². The highest BCUT2D eigenvalue weighted by molar-refractivity contribution is 5.34. The summed E-state index contributed by atoms with van der Waals surface area (Å²) in [4.78, 5) is 0. The van der Waals surface area contributed by atoms with Gasteiger partial charge in [-0.2, -0.15) is 5.26 Å². The van der Waals surface area contributed by atoms with Crippen LogP contribution < -0.4 is 5.32 Å². The number of hydrogen-bond acceptors (Lipinski definition) is 3. The first kappa shape index (κ1) is 16.5. The second-order valence-corrected chi connectivity index (χ2v) is 4.92. The Morgan fingerprint density at radius 2 is 1.90 bits per heavy atom. The zero-order valence-corrected chi connectivity index (χ0v) is 12.0. The Kier molecular flexibility index (Phi) is 6.56. The summed E-state index contributed by atoms with van der Waals surface area (Å²) in [6, 6.07) is 3.84. The van der Waals surface area contributed by atoms with E-state index in [-0.39, 0.29) is 29.6 Å². The molecule has 0 saturated heterocycles. The highest BCUT2D eigenvalue weighted by Crippen LogP contribution is 2.16. The topological polar surface area (TPSA) is 45.0 Å². The fourth-order valence-corrected chi connectivity index (χ4v) is 1.80. The van der Waals surface area contributed by atoms with E-state index in [0.29, 0.717) is 13.2 Å². The van der Waals surface area contributed by atoms with E-state index >= 15 is 0 Å². The van der Waals surface area contributed by atoms with Crippen LogP contribution in [-0.2, 0) is 11.3 Å². The molecule has 0 amide bonds. The summed E-state index contributed by atoms with van der Waals surface area (Å²) in [6.07, 6.45) is 0. The Hall–Kier alpha value is -1.51. The average molecular weight is 282 g/mol. The van der Waals surface area contributed by atoms with Gasteiger partial charge in [-0.3, -0.25) is 0 Å². The van der Waals surface area contributed by atoms with E-state index in [1.165, 1.54) is 0 Å². The van der Waals surface area contributed by atoms with Gasteiger partial charge in [-0.25, -0.2) is 8.78 Å². The van der Waals surface area contributed by atoms with E-state index in [0.717, 1.165) is 12.1 Å². The third-order valence-electron chi connectivity index (χ3n) is 3.12. The van der Waals surface area contributed by atoms with Crippen molar-refractivity contribution in [3.63, 3.8) is 0 Å². The summed E-state index contributed by atoms with van der Waals surface area (Å²) in [5, 5.41) is 11.8. The Morgan fingerprint density at radius 3 is 2.35 bits per heavy atom. The first-order chi connectivity index (χ1) is 9.49. The van der Waals surface area contributed by atoms with Crippen LogP contribution in [0.3, 0.4) is 0 Å². The van der Waals surface area contributed by atoms with Crippen LogP contribution in [0, 0.1) is 28.9 Å². The van der Waals surface area contributed by atoms with Crippen molar-refractivity contribution in [2.45, 2.75) is 33.4 Å². The zero-order valence-electron chi connectivity index (χ0n) is 12.0. The molecule has 0 heterocycles. The van der Waals surface area contributed by atoms with Crippen molar-refractivity contribution < 1.29 is 13.5 Å². The van der Waals surface area contributed by atoms with Crippen molar-refractivity contribution in [1.29, 1.82) is 5.26 Å². The maximum absolute atomic E-state index is 13.7. The standard InChI is InChI=1S/C15H20F2N2O/c1-4-20-9-15(10(2)3)19-8-12-13(16)5-11(7-18)6-14(12)17/h5-6,10,15,19H,4,8-9H2,1-3H3. The summed E-state index contributed by atoms with van der Waals surface area (Å²) >= 11 is 0. The van der Waals surface area contributed by atoms with E-state index in [1.54, 1.807) is 6.07 Å². The molecule has 0 aromatic heterocycles. The molecule has 1 rings (SSSR count). The second kappa shape index (κ2) is 7.93. The van der Waals surface area contributed by atoms with Crippen molar-refractivity contribution in [3.05, 3.63) is 34.9 Å². The highest BCUT2D eigenvalue weighted by atomic mass is 19.1. The van der Waals surface area contributed by atoms with Gasteiger partial charge in [0.2, 0.25) is 0 Å². The van der Waals surface area contributed by atoms with Gasteiger partial charge in [0, 0.05) is 24.8 Å². The number of ether oxygens (including phenoxy) is 1. The lowest BCUT2D eigenvalue weighted by Gasteiger charge is -2.22. The molecule has 0 radical (unpaired) electrons. The monoisotopic (exact) mass is 282 g/mol. The number of nitrogens with one attached hydrogen (secondary N) is 1. The van der Waals surface area contributed by atoms with Gasteiger partial charge < -0.3 is 10.1 Å². The second-order valence-electron chi connectivity index (χ2n) is 4.92. The minimum atomic E-state index is -0.701. The minimum absolute atomic E-state index is 0.0153. The summed E-state index contributed by atoms with van der Waals surface area (Å²) in [6.45, 7) is 7.10. The third-order valence-corrected chi connectivity index (χ3v) is 3.12. The lowest BCUT2D eigenvalue weighted by Crippen LogP contribution is -2.38. The smallest absolute Gasteiger partial charge is 0.131 e. The lowest BCUT2D eigenvalue weighted by molar-refractivity contribution is 0.107. The molecule has 0 aliphatic heterocycles. The minimum Gasteiger partial charge on any atom is -0.380 e. The largest absolute Gasteiger partial charge is 0.380 e. The van der Waals surface area contributed by atoms with Crippen LogP contribution in [0.4, 0.5) is 8.78 Å². The SMILES string of the molecule is CCOCC(NCc1c(F)cc(C#N)cc1F)C(C)C. The van der Waals surface area contributed by atoms with E-state index in [4.69, 9.17) is 10.00 Å². The van der Waals surface area contributed by atoms with E-state index in [9.17, 15) is 8.78 Å². The molecular weight excluding hydrogens is 262 g/mol. The molecule has 0 fully saturated rings. The molecule has 0 aliphatic rings. The Labute approximate surface area is 118 Å². The maximum atomic E-state index is 13.7. The molecular formula is C15H20F2N2O. The predicted octanol–water partition coefficient (Wildman–Crippen LogP) is 2.99. The van der Waals surface area contributed by atoms with Crippen LogP contribution >= 0.6 is 0 Å². The quantitative estimate of drug-likeness (QED) is 0.836. The van der Waals surface area contributed by atoms with Gasteiger partial charge in [-0.05, 0) is 25.0 Å². The molecule has 1 aromatic rings. The molecule has 0 aliphatic carbocycles. The summed E-state index contributed by atoms with van der Waals surface area (Å²) < 4.78 is 32.8. The summed E-state index contributed by atoms with van der Waals surface area (Å²) in [5.41, 5.74) is -0.0652. The van der Waals surface area contributed by atoms with Crippen LogP contribution in [0.15, 0.2) is 12.1 Å². The van der Waals surface area contributed by atoms with Crippen molar-refractivity contribution in [1.82, 2.24) is 5.32 Å². The third kappa shape index (κ3) is 4.55. The van der Waals surface area contributed by atoms with Crippen molar-refractivity contribution in [2.24, 2.45) is 5.92 Å². The van der Waals surface area contributed by atoms with Crippen LogP contribution in [0.5, 0.6) is 0 Å². The Balaban J connectivity index is 2.75. The van der Waals surface area contributed by atoms with Crippen LogP contribution in [0.1, 0.15) is 31.9 Å². The van der Waals surface area contributed by atoms with Gasteiger partial charge in [-0.15, -0.1) is 0 Å². The zero-order chi connectivity index (χ0) is 15.1. The van der Waals surface area contributed by atoms with Crippen LogP contribution in [0.25, 0.3) is 0 Å². The number of hydrogen-bond donors (Lipinski definition) is 1. The Bertz CT molecular complexity index is 460. The molecule has 0 saturated carbocycles. The van der Waals surface area contributed by atoms with Gasteiger partial charge in [-0.1, -0.05) is 13.8 Å². The van der Waals surface area contributed by atoms with Gasteiger partial charge in [0.05, 0.1) is 18.2 Å². The van der Waals surface area contributed by atoms with Crippen molar-refractivity contribution in [3.8, 4) is 6.07 Å². The van der Waals surface area contributed by atoms with Crippen LogP contribution in [0.2, 0.25) is 0 Å². The van der Waals surface area contributed by atoms with E-state index in [2.05, 4.69) is 5.32 Å². The number of benzene rings is 1. The number of rotatable bonds is 7. The summed E-state index contributed by atoms with van der Waals surface area (Å²) in [7, 11) is 0. The van der Waals surface area contributed by atoms with Gasteiger partial charge in [0.15, 0.2) is 0 Å². The molecule has 0 spiro atoms. The molecule has 1 unspecified atom stereocenters. The Morgan fingerprint density at radius 1 is 1.30 bits per heavy atom. The maximum Gasteiger partial charge on any atom is 0.131 e.